The number of nitrogens with one attached hydrogen (secondary N) is 1. The number of hydrogen-bond acceptors (Lipinski definition) is 4. The SMILES string of the molecule is O=C(NC1CC(C(=O)O)C1)c1cccc(OCc2cccs2)c1. The summed E-state index contributed by atoms with van der Waals surface area (Å²) >= 11 is 1.62. The van der Waals surface area contributed by atoms with Gasteiger partial charge in [0.05, 0.1) is 5.92 Å². The second kappa shape index (κ2) is 6.83. The summed E-state index contributed by atoms with van der Waals surface area (Å²) in [5.41, 5.74) is 0.521. The molecule has 0 bridgehead atoms. The zero-order chi connectivity index (χ0) is 16.2. The molecular weight excluding hydrogens is 314 g/mol. The van der Waals surface area contributed by atoms with E-state index in [1.54, 1.807) is 29.5 Å². The number of carboxylic acid groups (broad SMARTS) is 1. The van der Waals surface area contributed by atoms with Gasteiger partial charge in [0.15, 0.2) is 0 Å². The van der Waals surface area contributed by atoms with Gasteiger partial charge < -0.3 is 15.2 Å². The molecule has 120 valence electrons. The van der Waals surface area contributed by atoms with Crippen molar-refractivity contribution in [1.29, 1.82) is 0 Å². The van der Waals surface area contributed by atoms with Crippen molar-refractivity contribution in [2.75, 3.05) is 0 Å². The molecule has 6 heteroatoms. The third-order valence-corrected chi connectivity index (χ3v) is 4.73. The van der Waals surface area contributed by atoms with E-state index in [1.807, 2.05) is 23.6 Å². The fourth-order valence-corrected chi connectivity index (χ4v) is 3.10. The van der Waals surface area contributed by atoms with Crippen LogP contribution in [0.1, 0.15) is 28.1 Å². The molecule has 0 saturated heterocycles. The predicted octanol–water partition coefficient (Wildman–Crippen LogP) is 2.92. The largest absolute Gasteiger partial charge is 0.488 e. The van der Waals surface area contributed by atoms with Gasteiger partial charge in [-0.2, -0.15) is 0 Å². The average molecular weight is 331 g/mol. The normalized spacial score (nSPS) is 19.7. The van der Waals surface area contributed by atoms with Crippen LogP contribution in [0.2, 0.25) is 0 Å². The number of carboxylic acids is 1. The molecule has 5 nitrogen and oxygen atoms in total. The van der Waals surface area contributed by atoms with Gasteiger partial charge in [-0.15, -0.1) is 11.3 Å². The van der Waals surface area contributed by atoms with E-state index in [2.05, 4.69) is 5.32 Å². The standard InChI is InChI=1S/C17H17NO4S/c19-16(18-13-7-12(8-13)17(20)21)11-3-1-4-14(9-11)22-10-15-5-2-6-23-15/h1-6,9,12-13H,7-8,10H2,(H,18,19)(H,20,21). The summed E-state index contributed by atoms with van der Waals surface area (Å²) in [6.45, 7) is 0.478. The smallest absolute Gasteiger partial charge is 0.306 e. The van der Waals surface area contributed by atoms with Crippen molar-refractivity contribution in [1.82, 2.24) is 5.32 Å². The lowest BCUT2D eigenvalue weighted by Gasteiger charge is -2.32. The fraction of sp³-hybridized carbons (Fsp3) is 0.294. The Balaban J connectivity index is 1.54. The van der Waals surface area contributed by atoms with Crippen LogP contribution >= 0.6 is 11.3 Å². The van der Waals surface area contributed by atoms with Gasteiger partial charge >= 0.3 is 5.97 Å². The van der Waals surface area contributed by atoms with E-state index in [9.17, 15) is 9.59 Å². The summed E-state index contributed by atoms with van der Waals surface area (Å²) in [6.07, 6.45) is 0.991. The molecule has 2 N–H and O–H groups in total. The van der Waals surface area contributed by atoms with E-state index >= 15 is 0 Å². The molecule has 1 fully saturated rings. The van der Waals surface area contributed by atoms with E-state index in [-0.39, 0.29) is 17.9 Å². The van der Waals surface area contributed by atoms with E-state index in [1.165, 1.54) is 0 Å². The quantitative estimate of drug-likeness (QED) is 0.853. The van der Waals surface area contributed by atoms with Crippen molar-refractivity contribution >= 4 is 23.2 Å². The number of carbonyl (C=O) groups excluding carboxylic acids is 1. The van der Waals surface area contributed by atoms with Crippen LogP contribution in [0, 0.1) is 5.92 Å². The Kier molecular flexibility index (Phi) is 4.62. The second-order valence-electron chi connectivity index (χ2n) is 5.57. The van der Waals surface area contributed by atoms with Gasteiger partial charge in [-0.3, -0.25) is 9.59 Å². The van der Waals surface area contributed by atoms with Gasteiger partial charge in [0.25, 0.3) is 5.91 Å². The van der Waals surface area contributed by atoms with Crippen LogP contribution in [0.5, 0.6) is 5.75 Å². The number of thiophene rings is 1. The first-order valence-corrected chi connectivity index (χ1v) is 8.28. The van der Waals surface area contributed by atoms with Gasteiger partial charge in [0.1, 0.15) is 12.4 Å². The molecule has 1 amide bonds. The maximum absolute atomic E-state index is 12.2. The van der Waals surface area contributed by atoms with Crippen LogP contribution in [0.3, 0.4) is 0 Å². The number of rotatable bonds is 6. The molecule has 0 aliphatic heterocycles. The Morgan fingerprint density at radius 2 is 2.09 bits per heavy atom. The number of ether oxygens (including phenoxy) is 1. The molecule has 2 aromatic rings. The van der Waals surface area contributed by atoms with Gasteiger partial charge in [-0.05, 0) is 42.5 Å². The Morgan fingerprint density at radius 3 is 2.78 bits per heavy atom. The van der Waals surface area contributed by atoms with Crippen molar-refractivity contribution in [3.05, 3.63) is 52.2 Å². The summed E-state index contributed by atoms with van der Waals surface area (Å²) in [5.74, 6) is -0.677. The van der Waals surface area contributed by atoms with Crippen LogP contribution in [0.15, 0.2) is 41.8 Å². The first-order chi connectivity index (χ1) is 11.1. The van der Waals surface area contributed by atoms with Crippen LogP contribution in [-0.4, -0.2) is 23.0 Å². The van der Waals surface area contributed by atoms with E-state index in [4.69, 9.17) is 9.84 Å². The van der Waals surface area contributed by atoms with Gasteiger partial charge in [-0.25, -0.2) is 0 Å². The summed E-state index contributed by atoms with van der Waals surface area (Å²) in [4.78, 5) is 24.1. The minimum absolute atomic E-state index is 0.0562. The molecule has 23 heavy (non-hydrogen) atoms. The van der Waals surface area contributed by atoms with Gasteiger partial charge in [-0.1, -0.05) is 12.1 Å². The number of hydrogen-bond donors (Lipinski definition) is 2. The minimum Gasteiger partial charge on any atom is -0.488 e. The highest BCUT2D eigenvalue weighted by molar-refractivity contribution is 7.09. The minimum atomic E-state index is -0.792. The van der Waals surface area contributed by atoms with Crippen molar-refractivity contribution in [2.24, 2.45) is 5.92 Å². The number of amides is 1. The van der Waals surface area contributed by atoms with Gasteiger partial charge in [0, 0.05) is 16.5 Å². The molecule has 1 aliphatic carbocycles. The van der Waals surface area contributed by atoms with E-state index in [0.29, 0.717) is 30.8 Å². The third-order valence-electron chi connectivity index (χ3n) is 3.88. The molecule has 0 spiro atoms. The highest BCUT2D eigenvalue weighted by atomic mass is 32.1. The van der Waals surface area contributed by atoms with E-state index in [0.717, 1.165) is 4.88 Å². The van der Waals surface area contributed by atoms with Gasteiger partial charge in [0.2, 0.25) is 0 Å². The molecule has 0 unspecified atom stereocenters. The molecule has 3 rings (SSSR count). The molecule has 1 aromatic heterocycles. The molecule has 1 aliphatic rings. The topological polar surface area (TPSA) is 75.6 Å². The zero-order valence-corrected chi connectivity index (χ0v) is 13.2. The highest BCUT2D eigenvalue weighted by Crippen LogP contribution is 2.28. The monoisotopic (exact) mass is 331 g/mol. The first-order valence-electron chi connectivity index (χ1n) is 7.41. The Hall–Kier alpha value is -2.34. The lowest BCUT2D eigenvalue weighted by Crippen LogP contribution is -2.46. The average Bonchev–Trinajstić information content (AvgIpc) is 3.01. The zero-order valence-electron chi connectivity index (χ0n) is 12.4. The van der Waals surface area contributed by atoms with Crippen molar-refractivity contribution in [2.45, 2.75) is 25.5 Å². The van der Waals surface area contributed by atoms with Crippen molar-refractivity contribution < 1.29 is 19.4 Å². The molecule has 1 aromatic carbocycles. The maximum Gasteiger partial charge on any atom is 0.306 e. The highest BCUT2D eigenvalue weighted by Gasteiger charge is 2.35. The van der Waals surface area contributed by atoms with Crippen molar-refractivity contribution in [3.63, 3.8) is 0 Å². The second-order valence-corrected chi connectivity index (χ2v) is 6.61. The maximum atomic E-state index is 12.2. The van der Waals surface area contributed by atoms with Crippen molar-refractivity contribution in [3.8, 4) is 5.75 Å². The molecule has 1 saturated carbocycles. The molecule has 0 atom stereocenters. The molecule has 0 radical (unpaired) electrons. The molecular formula is C17H17NO4S. The Labute approximate surface area is 137 Å². The Morgan fingerprint density at radius 1 is 1.26 bits per heavy atom. The number of benzene rings is 1. The molecule has 1 heterocycles. The number of aliphatic carboxylic acids is 1. The lowest BCUT2D eigenvalue weighted by molar-refractivity contribution is -0.145. The lowest BCUT2D eigenvalue weighted by atomic mass is 9.80. The van der Waals surface area contributed by atoms with Crippen LogP contribution in [0.4, 0.5) is 0 Å². The van der Waals surface area contributed by atoms with E-state index < -0.39 is 5.97 Å². The first kappa shape index (κ1) is 15.6. The fourth-order valence-electron chi connectivity index (χ4n) is 2.48. The Bertz CT molecular complexity index is 692. The van der Waals surface area contributed by atoms with Crippen LogP contribution in [0.25, 0.3) is 0 Å². The number of carbonyl (C=O) groups is 2. The predicted molar refractivity (Wildman–Crippen MR) is 86.7 cm³/mol. The summed E-state index contributed by atoms with van der Waals surface area (Å²) < 4.78 is 5.69. The third kappa shape index (κ3) is 3.90. The summed E-state index contributed by atoms with van der Waals surface area (Å²) in [7, 11) is 0. The van der Waals surface area contributed by atoms with Crippen LogP contribution in [-0.2, 0) is 11.4 Å². The summed E-state index contributed by atoms with van der Waals surface area (Å²) in [5, 5.41) is 13.7. The summed E-state index contributed by atoms with van der Waals surface area (Å²) in [6, 6.07) is 10.9. The van der Waals surface area contributed by atoms with Crippen LogP contribution < -0.4 is 10.1 Å².